The molecule has 106 valence electrons. The van der Waals surface area contributed by atoms with Crippen LogP contribution in [-0.2, 0) is 6.54 Å². The second kappa shape index (κ2) is 7.06. The van der Waals surface area contributed by atoms with Gasteiger partial charge in [-0.15, -0.1) is 0 Å². The Morgan fingerprint density at radius 2 is 2.00 bits per heavy atom. The summed E-state index contributed by atoms with van der Waals surface area (Å²) in [6.45, 7) is 10.3. The lowest BCUT2D eigenvalue weighted by molar-refractivity contribution is 0.229. The van der Waals surface area contributed by atoms with E-state index in [9.17, 15) is 0 Å². The van der Waals surface area contributed by atoms with Crippen LogP contribution in [0.1, 0.15) is 44.2 Å². The van der Waals surface area contributed by atoms with Gasteiger partial charge in [-0.25, -0.2) is 0 Å². The van der Waals surface area contributed by atoms with Crippen LogP contribution in [0.15, 0.2) is 24.3 Å². The first-order chi connectivity index (χ1) is 9.16. The SMILES string of the molecule is Cc1ccccc1CNC1CCCN(C(C)C)CC1. The van der Waals surface area contributed by atoms with Crippen molar-refractivity contribution >= 4 is 0 Å². The minimum Gasteiger partial charge on any atom is -0.310 e. The Morgan fingerprint density at radius 3 is 2.74 bits per heavy atom. The van der Waals surface area contributed by atoms with E-state index in [1.54, 1.807) is 0 Å². The van der Waals surface area contributed by atoms with Crippen LogP contribution in [0.5, 0.6) is 0 Å². The molecule has 1 N–H and O–H groups in total. The summed E-state index contributed by atoms with van der Waals surface area (Å²) in [7, 11) is 0. The third-order valence-electron chi connectivity index (χ3n) is 4.34. The Morgan fingerprint density at radius 1 is 1.21 bits per heavy atom. The molecule has 0 amide bonds. The van der Waals surface area contributed by atoms with Crippen LogP contribution in [0, 0.1) is 6.92 Å². The van der Waals surface area contributed by atoms with Crippen molar-refractivity contribution in [2.75, 3.05) is 13.1 Å². The highest BCUT2D eigenvalue weighted by atomic mass is 15.1. The predicted molar refractivity (Wildman–Crippen MR) is 82.4 cm³/mol. The van der Waals surface area contributed by atoms with E-state index >= 15 is 0 Å². The number of hydrogen-bond acceptors (Lipinski definition) is 2. The van der Waals surface area contributed by atoms with Crippen molar-refractivity contribution in [3.63, 3.8) is 0 Å². The second-order valence-corrected chi connectivity index (χ2v) is 6.06. The van der Waals surface area contributed by atoms with Crippen molar-refractivity contribution in [2.24, 2.45) is 0 Å². The average molecular weight is 260 g/mol. The molecule has 1 aliphatic heterocycles. The average Bonchev–Trinajstić information content (AvgIpc) is 2.63. The fraction of sp³-hybridized carbons (Fsp3) is 0.647. The number of likely N-dealkylation sites (tertiary alicyclic amines) is 1. The lowest BCUT2D eigenvalue weighted by Crippen LogP contribution is -2.33. The zero-order valence-corrected chi connectivity index (χ0v) is 12.7. The molecule has 1 unspecified atom stereocenters. The highest BCUT2D eigenvalue weighted by molar-refractivity contribution is 5.25. The molecule has 1 atom stereocenters. The van der Waals surface area contributed by atoms with Gasteiger partial charge in [0.25, 0.3) is 0 Å². The van der Waals surface area contributed by atoms with Crippen molar-refractivity contribution in [1.29, 1.82) is 0 Å². The largest absolute Gasteiger partial charge is 0.310 e. The maximum absolute atomic E-state index is 3.75. The van der Waals surface area contributed by atoms with Gasteiger partial charge in [-0.1, -0.05) is 24.3 Å². The van der Waals surface area contributed by atoms with Crippen molar-refractivity contribution in [3.05, 3.63) is 35.4 Å². The van der Waals surface area contributed by atoms with Crippen LogP contribution in [0.2, 0.25) is 0 Å². The molecule has 2 nitrogen and oxygen atoms in total. The summed E-state index contributed by atoms with van der Waals surface area (Å²) in [4.78, 5) is 2.61. The molecule has 2 rings (SSSR count). The summed E-state index contributed by atoms with van der Waals surface area (Å²) in [6.07, 6.45) is 3.92. The molecule has 1 aromatic carbocycles. The summed E-state index contributed by atoms with van der Waals surface area (Å²) in [6, 6.07) is 10.1. The van der Waals surface area contributed by atoms with Gasteiger partial charge in [0, 0.05) is 18.6 Å². The van der Waals surface area contributed by atoms with E-state index < -0.39 is 0 Å². The Bertz CT molecular complexity index is 387. The van der Waals surface area contributed by atoms with E-state index in [4.69, 9.17) is 0 Å². The maximum atomic E-state index is 3.75. The van der Waals surface area contributed by atoms with Gasteiger partial charge in [-0.2, -0.15) is 0 Å². The Balaban J connectivity index is 1.82. The summed E-state index contributed by atoms with van der Waals surface area (Å²) in [5.74, 6) is 0. The molecule has 1 fully saturated rings. The maximum Gasteiger partial charge on any atom is 0.0210 e. The molecule has 19 heavy (non-hydrogen) atoms. The highest BCUT2D eigenvalue weighted by Crippen LogP contribution is 2.14. The monoisotopic (exact) mass is 260 g/mol. The summed E-state index contributed by atoms with van der Waals surface area (Å²) in [5, 5.41) is 3.75. The predicted octanol–water partition coefficient (Wildman–Crippen LogP) is 3.35. The first kappa shape index (κ1) is 14.5. The Kier molecular flexibility index (Phi) is 5.41. The van der Waals surface area contributed by atoms with Crippen LogP contribution in [0.4, 0.5) is 0 Å². The minimum absolute atomic E-state index is 0.684. The molecular weight excluding hydrogens is 232 g/mol. The van der Waals surface area contributed by atoms with Crippen LogP contribution in [-0.4, -0.2) is 30.1 Å². The highest BCUT2D eigenvalue weighted by Gasteiger charge is 2.18. The van der Waals surface area contributed by atoms with Gasteiger partial charge < -0.3 is 10.2 Å². The van der Waals surface area contributed by atoms with E-state index in [-0.39, 0.29) is 0 Å². The first-order valence-electron chi connectivity index (χ1n) is 7.68. The van der Waals surface area contributed by atoms with E-state index in [0.717, 1.165) is 6.54 Å². The lowest BCUT2D eigenvalue weighted by Gasteiger charge is -2.24. The van der Waals surface area contributed by atoms with E-state index in [2.05, 4.69) is 55.3 Å². The molecule has 1 aromatic rings. The minimum atomic E-state index is 0.684. The van der Waals surface area contributed by atoms with Gasteiger partial charge in [0.2, 0.25) is 0 Å². The zero-order valence-electron chi connectivity index (χ0n) is 12.7. The zero-order chi connectivity index (χ0) is 13.7. The molecule has 0 aromatic heterocycles. The molecule has 0 saturated carbocycles. The van der Waals surface area contributed by atoms with Crippen LogP contribution in [0.25, 0.3) is 0 Å². The molecule has 1 saturated heterocycles. The number of nitrogens with one attached hydrogen (secondary N) is 1. The van der Waals surface area contributed by atoms with Crippen LogP contribution < -0.4 is 5.32 Å². The van der Waals surface area contributed by atoms with E-state index in [1.165, 1.54) is 43.5 Å². The van der Waals surface area contributed by atoms with Crippen LogP contribution >= 0.6 is 0 Å². The summed E-state index contributed by atoms with van der Waals surface area (Å²) >= 11 is 0. The van der Waals surface area contributed by atoms with E-state index in [1.807, 2.05) is 0 Å². The van der Waals surface area contributed by atoms with Gasteiger partial charge >= 0.3 is 0 Å². The van der Waals surface area contributed by atoms with Crippen LogP contribution in [0.3, 0.4) is 0 Å². The lowest BCUT2D eigenvalue weighted by atomic mass is 10.1. The van der Waals surface area contributed by atoms with Gasteiger partial charge in [-0.3, -0.25) is 0 Å². The quantitative estimate of drug-likeness (QED) is 0.893. The van der Waals surface area contributed by atoms with Crippen molar-refractivity contribution in [3.8, 4) is 0 Å². The molecule has 0 bridgehead atoms. The Labute approximate surface area is 118 Å². The summed E-state index contributed by atoms with van der Waals surface area (Å²) in [5.41, 5.74) is 2.83. The van der Waals surface area contributed by atoms with Gasteiger partial charge in [0.05, 0.1) is 0 Å². The number of benzene rings is 1. The molecular formula is C17H28N2. The van der Waals surface area contributed by atoms with Crippen molar-refractivity contribution in [1.82, 2.24) is 10.2 Å². The molecule has 1 heterocycles. The van der Waals surface area contributed by atoms with E-state index in [0.29, 0.717) is 12.1 Å². The van der Waals surface area contributed by atoms with Crippen molar-refractivity contribution in [2.45, 2.75) is 58.7 Å². The Hall–Kier alpha value is -0.860. The molecule has 0 spiro atoms. The normalized spacial score (nSPS) is 21.6. The third kappa shape index (κ3) is 4.32. The molecule has 1 aliphatic rings. The topological polar surface area (TPSA) is 15.3 Å². The molecule has 2 heteroatoms. The number of aryl methyl sites for hydroxylation is 1. The van der Waals surface area contributed by atoms with Gasteiger partial charge in [0.15, 0.2) is 0 Å². The fourth-order valence-electron chi connectivity index (χ4n) is 2.90. The fourth-order valence-corrected chi connectivity index (χ4v) is 2.90. The third-order valence-corrected chi connectivity index (χ3v) is 4.34. The molecule has 0 radical (unpaired) electrons. The second-order valence-electron chi connectivity index (χ2n) is 6.06. The molecule has 0 aliphatic carbocycles. The van der Waals surface area contributed by atoms with Gasteiger partial charge in [-0.05, 0) is 64.3 Å². The number of nitrogens with zero attached hydrogens (tertiary/aromatic N) is 1. The smallest absolute Gasteiger partial charge is 0.0210 e. The number of rotatable bonds is 4. The van der Waals surface area contributed by atoms with Gasteiger partial charge in [0.1, 0.15) is 0 Å². The standard InChI is InChI=1S/C17H28N2/c1-14(2)19-11-6-9-17(10-12-19)18-13-16-8-5-4-7-15(16)3/h4-5,7-8,14,17-18H,6,9-13H2,1-3H3. The first-order valence-corrected chi connectivity index (χ1v) is 7.68. The summed E-state index contributed by atoms with van der Waals surface area (Å²) < 4.78 is 0. The number of hydrogen-bond donors (Lipinski definition) is 1. The van der Waals surface area contributed by atoms with Crippen molar-refractivity contribution < 1.29 is 0 Å².